The van der Waals surface area contributed by atoms with Gasteiger partial charge in [-0.15, -0.1) is 0 Å². The minimum atomic E-state index is -0.249. The van der Waals surface area contributed by atoms with Gasteiger partial charge in [0.1, 0.15) is 11.5 Å². The number of thiocarbonyl (C=S) groups is 1. The number of ether oxygens (including phenoxy) is 1. The van der Waals surface area contributed by atoms with Gasteiger partial charge in [0.2, 0.25) is 16.9 Å². The molecule has 0 aromatic heterocycles. The molecule has 31 heavy (non-hydrogen) atoms. The molecule has 2 heterocycles. The Kier molecular flexibility index (Phi) is 7.45. The molecule has 0 bridgehead atoms. The molecule has 3 amide bonds. The number of benzene rings is 1. The number of nitrogens with zero attached hydrogens (tertiary/aromatic N) is 3. The predicted molar refractivity (Wildman–Crippen MR) is 121 cm³/mol. The van der Waals surface area contributed by atoms with Gasteiger partial charge in [0, 0.05) is 38.5 Å². The van der Waals surface area contributed by atoms with E-state index in [1.54, 1.807) is 25.3 Å². The Bertz CT molecular complexity index is 973. The summed E-state index contributed by atoms with van der Waals surface area (Å²) in [5.74, 6) is 0.236. The predicted octanol–water partition coefficient (Wildman–Crippen LogP) is 1.51. The van der Waals surface area contributed by atoms with Crippen LogP contribution in [0.1, 0.15) is 38.2 Å². The summed E-state index contributed by atoms with van der Waals surface area (Å²) in [7, 11) is 1.58. The number of amides is 3. The summed E-state index contributed by atoms with van der Waals surface area (Å²) in [6, 6.07) is 5.39. The molecule has 0 radical (unpaired) electrons. The number of hydrogen-bond donors (Lipinski definition) is 2. The fourth-order valence-electron chi connectivity index (χ4n) is 3.32. The van der Waals surface area contributed by atoms with Crippen LogP contribution < -0.4 is 15.4 Å². The average Bonchev–Trinajstić information content (AvgIpc) is 3.10. The van der Waals surface area contributed by atoms with E-state index in [0.29, 0.717) is 61.8 Å². The van der Waals surface area contributed by atoms with Crippen molar-refractivity contribution in [2.75, 3.05) is 26.7 Å². The summed E-state index contributed by atoms with van der Waals surface area (Å²) in [5.41, 5.74) is 2.22. The summed E-state index contributed by atoms with van der Waals surface area (Å²) in [5, 5.41) is 5.60. The van der Waals surface area contributed by atoms with Gasteiger partial charge in [-0.05, 0) is 43.3 Å². The van der Waals surface area contributed by atoms with Crippen molar-refractivity contribution in [1.82, 2.24) is 15.5 Å². The summed E-state index contributed by atoms with van der Waals surface area (Å²) in [6.07, 6.45) is 2.56. The molecule has 0 saturated carbocycles. The zero-order chi connectivity index (χ0) is 22.4. The third-order valence-corrected chi connectivity index (χ3v) is 5.22. The second-order valence-corrected chi connectivity index (χ2v) is 7.55. The van der Waals surface area contributed by atoms with Gasteiger partial charge in [0.15, 0.2) is 5.71 Å². The van der Waals surface area contributed by atoms with Gasteiger partial charge in [-0.2, -0.15) is 0 Å². The number of hydrogen-bond acceptors (Lipinski definition) is 6. The highest BCUT2D eigenvalue weighted by atomic mass is 32.1. The van der Waals surface area contributed by atoms with Gasteiger partial charge in [-0.3, -0.25) is 19.3 Å². The number of carbonyl (C=O) groups excluding carboxylic acids is 3. The quantitative estimate of drug-likeness (QED) is 0.420. The Labute approximate surface area is 186 Å². The summed E-state index contributed by atoms with van der Waals surface area (Å²) in [6.45, 7) is 2.68. The maximum Gasteiger partial charge on any atom is 0.280 e. The SMILES string of the molecule is COc1ccc2c(c1)C1=NC(=S)N(CCCCCC(=O)NCCNC(C)=O)C(=O)C1=N2. The first-order chi connectivity index (χ1) is 14.9. The smallest absolute Gasteiger partial charge is 0.280 e. The molecule has 0 spiro atoms. The van der Waals surface area contributed by atoms with Crippen molar-refractivity contribution < 1.29 is 19.1 Å². The second-order valence-electron chi connectivity index (χ2n) is 7.19. The fraction of sp³-hybridized carbons (Fsp3) is 0.429. The number of rotatable bonds is 10. The summed E-state index contributed by atoms with van der Waals surface area (Å²) < 4.78 is 5.24. The first kappa shape index (κ1) is 22.5. The zero-order valence-electron chi connectivity index (χ0n) is 17.6. The van der Waals surface area contributed by atoms with E-state index in [2.05, 4.69) is 20.6 Å². The lowest BCUT2D eigenvalue weighted by Crippen LogP contribution is -2.46. The highest BCUT2D eigenvalue weighted by Crippen LogP contribution is 2.32. The molecule has 2 aliphatic heterocycles. The lowest BCUT2D eigenvalue weighted by molar-refractivity contribution is -0.122. The molecule has 2 aliphatic rings. The topological polar surface area (TPSA) is 112 Å². The molecule has 164 valence electrons. The fourth-order valence-corrected chi connectivity index (χ4v) is 3.59. The van der Waals surface area contributed by atoms with Crippen molar-refractivity contribution in [3.05, 3.63) is 23.8 Å². The van der Waals surface area contributed by atoms with Crippen molar-refractivity contribution in [2.24, 2.45) is 9.98 Å². The number of nitrogens with one attached hydrogen (secondary N) is 2. The van der Waals surface area contributed by atoms with Gasteiger partial charge < -0.3 is 15.4 Å². The van der Waals surface area contributed by atoms with Crippen LogP contribution in [0.15, 0.2) is 28.2 Å². The monoisotopic (exact) mass is 443 g/mol. The number of aliphatic imine (C=N–C) groups is 2. The molecule has 1 aromatic rings. The van der Waals surface area contributed by atoms with Crippen LogP contribution in [-0.2, 0) is 14.4 Å². The van der Waals surface area contributed by atoms with Gasteiger partial charge >= 0.3 is 0 Å². The Morgan fingerprint density at radius 2 is 1.87 bits per heavy atom. The normalized spacial score (nSPS) is 14.5. The third kappa shape index (κ3) is 5.52. The molecular weight excluding hydrogens is 418 g/mol. The molecule has 0 fully saturated rings. The van der Waals surface area contributed by atoms with Crippen molar-refractivity contribution in [3.63, 3.8) is 0 Å². The van der Waals surface area contributed by atoms with Crippen molar-refractivity contribution in [1.29, 1.82) is 0 Å². The largest absolute Gasteiger partial charge is 0.497 e. The molecular formula is C21H25N5O4S. The lowest BCUT2D eigenvalue weighted by Gasteiger charge is -2.25. The van der Waals surface area contributed by atoms with E-state index in [4.69, 9.17) is 17.0 Å². The first-order valence-electron chi connectivity index (χ1n) is 10.1. The minimum Gasteiger partial charge on any atom is -0.497 e. The van der Waals surface area contributed by atoms with E-state index in [9.17, 15) is 14.4 Å². The van der Waals surface area contributed by atoms with Crippen LogP contribution in [0.5, 0.6) is 5.75 Å². The van der Waals surface area contributed by atoms with Crippen LogP contribution in [0.25, 0.3) is 0 Å². The van der Waals surface area contributed by atoms with E-state index >= 15 is 0 Å². The van der Waals surface area contributed by atoms with Crippen LogP contribution in [0.3, 0.4) is 0 Å². The van der Waals surface area contributed by atoms with Gasteiger partial charge in [-0.25, -0.2) is 9.98 Å². The van der Waals surface area contributed by atoms with Crippen LogP contribution in [-0.4, -0.2) is 65.9 Å². The second kappa shape index (κ2) is 10.3. The Morgan fingerprint density at radius 1 is 1.10 bits per heavy atom. The highest BCUT2D eigenvalue weighted by molar-refractivity contribution is 7.80. The molecule has 0 unspecified atom stereocenters. The maximum atomic E-state index is 12.9. The lowest BCUT2D eigenvalue weighted by atomic mass is 10.0. The molecule has 0 aliphatic carbocycles. The number of unbranched alkanes of at least 4 members (excludes halogenated alkanes) is 2. The summed E-state index contributed by atoms with van der Waals surface area (Å²) >= 11 is 5.35. The van der Waals surface area contributed by atoms with Gasteiger partial charge in [-0.1, -0.05) is 6.42 Å². The van der Waals surface area contributed by atoms with E-state index in [1.165, 1.54) is 11.8 Å². The van der Waals surface area contributed by atoms with Gasteiger partial charge in [0.05, 0.1) is 12.8 Å². The Morgan fingerprint density at radius 3 is 2.61 bits per heavy atom. The zero-order valence-corrected chi connectivity index (χ0v) is 18.4. The van der Waals surface area contributed by atoms with Crippen LogP contribution in [0.2, 0.25) is 0 Å². The molecule has 1 aromatic carbocycles. The van der Waals surface area contributed by atoms with E-state index in [0.717, 1.165) is 12.0 Å². The van der Waals surface area contributed by atoms with E-state index in [-0.39, 0.29) is 22.8 Å². The standard InChI is InChI=1S/C21H25N5O4S/c1-13(27)22-9-10-23-17(28)6-4-3-5-11-26-20(29)19-18(25-21(26)31)15-12-14(30-2)7-8-16(15)24-19/h7-8,12H,3-6,9-11H2,1-2H3,(H,22,27)(H,23,28). The third-order valence-electron chi connectivity index (χ3n) is 4.91. The maximum absolute atomic E-state index is 12.9. The number of fused-ring (bicyclic) bond motifs is 3. The van der Waals surface area contributed by atoms with E-state index < -0.39 is 0 Å². The molecule has 3 rings (SSSR count). The van der Waals surface area contributed by atoms with Crippen molar-refractivity contribution in [3.8, 4) is 5.75 Å². The van der Waals surface area contributed by atoms with Crippen molar-refractivity contribution >= 4 is 52.2 Å². The van der Waals surface area contributed by atoms with Crippen LogP contribution in [0.4, 0.5) is 5.69 Å². The molecule has 0 atom stereocenters. The molecule has 2 N–H and O–H groups in total. The van der Waals surface area contributed by atoms with Gasteiger partial charge in [0.25, 0.3) is 5.91 Å². The molecule has 9 nitrogen and oxygen atoms in total. The number of carbonyl (C=O) groups is 3. The average molecular weight is 444 g/mol. The van der Waals surface area contributed by atoms with Crippen molar-refractivity contribution in [2.45, 2.75) is 32.6 Å². The highest BCUT2D eigenvalue weighted by Gasteiger charge is 2.37. The first-order valence-corrected chi connectivity index (χ1v) is 10.5. The summed E-state index contributed by atoms with van der Waals surface area (Å²) in [4.78, 5) is 45.8. The molecule has 0 saturated heterocycles. The minimum absolute atomic E-state index is 0.0577. The van der Waals surface area contributed by atoms with Crippen LogP contribution >= 0.6 is 12.2 Å². The molecule has 10 heteroatoms. The number of methoxy groups -OCH3 is 1. The Hall–Kier alpha value is -3.14. The van der Waals surface area contributed by atoms with Crippen LogP contribution in [0, 0.1) is 0 Å². The van der Waals surface area contributed by atoms with E-state index in [1.807, 2.05) is 0 Å². The Balaban J connectivity index is 1.46.